The van der Waals surface area contributed by atoms with Crippen LogP contribution in [0.1, 0.15) is 13.8 Å². The van der Waals surface area contributed by atoms with Crippen molar-refractivity contribution < 1.29 is 23.5 Å². The van der Waals surface area contributed by atoms with E-state index < -0.39 is 0 Å². The lowest BCUT2D eigenvalue weighted by atomic mass is 10.4. The largest absolute Gasteiger partial charge is 0.460 e. The van der Waals surface area contributed by atoms with Gasteiger partial charge in [-0.25, -0.2) is 4.79 Å². The second-order valence-corrected chi connectivity index (χ2v) is 5.12. The molecule has 0 atom stereocenters. The SMILES string of the molecule is C=C(C)C(=O)OCCOCCOCC[N+](C)(C)CC. The lowest BCUT2D eigenvalue weighted by Crippen LogP contribution is -2.42. The molecule has 0 amide bonds. The molecule has 0 heterocycles. The van der Waals surface area contributed by atoms with E-state index in [1.807, 2.05) is 0 Å². The first-order valence-electron chi connectivity index (χ1n) is 6.69. The summed E-state index contributed by atoms with van der Waals surface area (Å²) in [6, 6.07) is 0. The highest BCUT2D eigenvalue weighted by Crippen LogP contribution is 1.95. The summed E-state index contributed by atoms with van der Waals surface area (Å²) < 4.78 is 16.6. The van der Waals surface area contributed by atoms with Gasteiger partial charge in [0, 0.05) is 5.57 Å². The van der Waals surface area contributed by atoms with Crippen LogP contribution >= 0.6 is 0 Å². The van der Waals surface area contributed by atoms with E-state index in [2.05, 4.69) is 27.6 Å². The molecule has 19 heavy (non-hydrogen) atoms. The molecule has 0 saturated heterocycles. The zero-order chi connectivity index (χ0) is 14.7. The molecule has 5 nitrogen and oxygen atoms in total. The fourth-order valence-corrected chi connectivity index (χ4v) is 1.11. The van der Waals surface area contributed by atoms with Crippen LogP contribution in [0, 0.1) is 0 Å². The molecule has 0 aromatic heterocycles. The maximum Gasteiger partial charge on any atom is 0.333 e. The fourth-order valence-electron chi connectivity index (χ4n) is 1.11. The number of carbonyl (C=O) groups excluding carboxylic acids is 1. The highest BCUT2D eigenvalue weighted by molar-refractivity contribution is 5.86. The second kappa shape index (κ2) is 9.95. The highest BCUT2D eigenvalue weighted by atomic mass is 16.6. The zero-order valence-electron chi connectivity index (χ0n) is 12.7. The third-order valence-corrected chi connectivity index (χ3v) is 2.88. The third-order valence-electron chi connectivity index (χ3n) is 2.88. The summed E-state index contributed by atoms with van der Waals surface area (Å²) in [5.41, 5.74) is 0.403. The van der Waals surface area contributed by atoms with Crippen LogP contribution in [0.15, 0.2) is 12.2 Å². The molecule has 0 bridgehead atoms. The smallest absolute Gasteiger partial charge is 0.333 e. The molecular weight excluding hydrogens is 246 g/mol. The first-order chi connectivity index (χ1) is 8.89. The number of nitrogens with zero attached hydrogens (tertiary/aromatic N) is 1. The van der Waals surface area contributed by atoms with Crippen molar-refractivity contribution in [3.8, 4) is 0 Å². The average Bonchev–Trinajstić information content (AvgIpc) is 2.36. The van der Waals surface area contributed by atoms with Crippen LogP contribution in [-0.4, -0.2) is 70.7 Å². The van der Waals surface area contributed by atoms with E-state index in [0.29, 0.717) is 25.4 Å². The first kappa shape index (κ1) is 18.1. The number of quaternary nitrogens is 1. The number of hydrogen-bond acceptors (Lipinski definition) is 4. The van der Waals surface area contributed by atoms with Gasteiger partial charge in [-0.1, -0.05) is 6.58 Å². The topological polar surface area (TPSA) is 44.8 Å². The Kier molecular flexibility index (Phi) is 9.47. The van der Waals surface area contributed by atoms with Crippen molar-refractivity contribution in [3.63, 3.8) is 0 Å². The Bertz CT molecular complexity index is 277. The van der Waals surface area contributed by atoms with Crippen molar-refractivity contribution in [2.45, 2.75) is 13.8 Å². The van der Waals surface area contributed by atoms with Crippen LogP contribution in [0.3, 0.4) is 0 Å². The van der Waals surface area contributed by atoms with Crippen molar-refractivity contribution in [3.05, 3.63) is 12.2 Å². The molecule has 0 radical (unpaired) electrons. The molecule has 5 heteroatoms. The van der Waals surface area contributed by atoms with E-state index in [1.54, 1.807) is 6.92 Å². The predicted octanol–water partition coefficient (Wildman–Crippen LogP) is 1.24. The number of rotatable bonds is 11. The minimum atomic E-state index is -0.376. The molecule has 0 aromatic carbocycles. The van der Waals surface area contributed by atoms with Gasteiger partial charge in [0.05, 0.1) is 47.1 Å². The molecule has 0 aromatic rings. The van der Waals surface area contributed by atoms with E-state index in [0.717, 1.165) is 24.2 Å². The molecule has 0 N–H and O–H groups in total. The van der Waals surface area contributed by atoms with Crippen molar-refractivity contribution in [2.75, 3.05) is 60.2 Å². The summed E-state index contributed by atoms with van der Waals surface area (Å²) in [5.74, 6) is -0.376. The van der Waals surface area contributed by atoms with E-state index in [9.17, 15) is 4.79 Å². The van der Waals surface area contributed by atoms with Crippen LogP contribution in [0.25, 0.3) is 0 Å². The van der Waals surface area contributed by atoms with E-state index in [-0.39, 0.29) is 12.6 Å². The summed E-state index contributed by atoms with van der Waals surface area (Å²) in [7, 11) is 4.35. The Labute approximate surface area is 116 Å². The van der Waals surface area contributed by atoms with Crippen LogP contribution in [0.2, 0.25) is 0 Å². The molecule has 0 aliphatic heterocycles. The molecule has 112 valence electrons. The summed E-state index contributed by atoms with van der Waals surface area (Å²) in [6.07, 6.45) is 0. The van der Waals surface area contributed by atoms with Gasteiger partial charge in [0.25, 0.3) is 0 Å². The van der Waals surface area contributed by atoms with Crippen LogP contribution < -0.4 is 0 Å². The Balaban J connectivity index is 3.28. The molecule has 0 aliphatic rings. The van der Waals surface area contributed by atoms with Gasteiger partial charge < -0.3 is 18.7 Å². The van der Waals surface area contributed by atoms with Gasteiger partial charge in [-0.15, -0.1) is 0 Å². The Hall–Kier alpha value is -0.910. The fraction of sp³-hybridized carbons (Fsp3) is 0.786. The van der Waals surface area contributed by atoms with E-state index in [4.69, 9.17) is 14.2 Å². The minimum Gasteiger partial charge on any atom is -0.460 e. The van der Waals surface area contributed by atoms with Gasteiger partial charge in [0.15, 0.2) is 0 Å². The van der Waals surface area contributed by atoms with Gasteiger partial charge in [-0.3, -0.25) is 0 Å². The van der Waals surface area contributed by atoms with E-state index >= 15 is 0 Å². The van der Waals surface area contributed by atoms with Gasteiger partial charge in [-0.2, -0.15) is 0 Å². The van der Waals surface area contributed by atoms with Crippen LogP contribution in [0.4, 0.5) is 0 Å². The maximum atomic E-state index is 11.0. The standard InChI is InChI=1S/C14H28NO4/c1-6-15(4,5)7-8-17-9-10-18-11-12-19-14(16)13(2)3/h2,6-12H2,1,3-5H3/q+1. The van der Waals surface area contributed by atoms with Crippen molar-refractivity contribution in [2.24, 2.45) is 0 Å². The maximum absolute atomic E-state index is 11.0. The Morgan fingerprint density at radius 2 is 1.58 bits per heavy atom. The molecule has 0 unspecified atom stereocenters. The summed E-state index contributed by atoms with van der Waals surface area (Å²) in [4.78, 5) is 11.0. The normalized spacial score (nSPS) is 11.4. The zero-order valence-corrected chi connectivity index (χ0v) is 12.7. The van der Waals surface area contributed by atoms with Gasteiger partial charge in [0.1, 0.15) is 13.2 Å². The van der Waals surface area contributed by atoms with Crippen LogP contribution in [-0.2, 0) is 19.0 Å². The number of carbonyl (C=O) groups is 1. The molecular formula is C14H28NO4+. The first-order valence-corrected chi connectivity index (χ1v) is 6.69. The molecule has 0 saturated carbocycles. The summed E-state index contributed by atoms with van der Waals surface area (Å²) in [5, 5.41) is 0. The van der Waals surface area contributed by atoms with E-state index in [1.165, 1.54) is 0 Å². The number of hydrogen-bond donors (Lipinski definition) is 0. The quantitative estimate of drug-likeness (QED) is 0.246. The molecule has 0 spiro atoms. The minimum absolute atomic E-state index is 0.255. The van der Waals surface area contributed by atoms with Crippen molar-refractivity contribution >= 4 is 5.97 Å². The van der Waals surface area contributed by atoms with Crippen molar-refractivity contribution in [1.82, 2.24) is 0 Å². The Morgan fingerprint density at radius 1 is 1.05 bits per heavy atom. The third kappa shape index (κ3) is 10.7. The summed E-state index contributed by atoms with van der Waals surface area (Å²) in [6.45, 7) is 11.8. The average molecular weight is 274 g/mol. The summed E-state index contributed by atoms with van der Waals surface area (Å²) >= 11 is 0. The van der Waals surface area contributed by atoms with Crippen LogP contribution in [0.5, 0.6) is 0 Å². The lowest BCUT2D eigenvalue weighted by Gasteiger charge is -2.27. The monoisotopic (exact) mass is 274 g/mol. The number of likely N-dealkylation sites (N-methyl/N-ethyl adjacent to an activating group) is 1. The molecule has 0 rings (SSSR count). The van der Waals surface area contributed by atoms with Gasteiger partial charge in [0.2, 0.25) is 0 Å². The second-order valence-electron chi connectivity index (χ2n) is 5.12. The Morgan fingerprint density at radius 3 is 2.11 bits per heavy atom. The van der Waals surface area contributed by atoms with Gasteiger partial charge >= 0.3 is 5.97 Å². The molecule has 0 fully saturated rings. The highest BCUT2D eigenvalue weighted by Gasteiger charge is 2.10. The lowest BCUT2D eigenvalue weighted by molar-refractivity contribution is -0.888. The van der Waals surface area contributed by atoms with Gasteiger partial charge in [-0.05, 0) is 13.8 Å². The molecule has 0 aliphatic carbocycles. The number of esters is 1. The predicted molar refractivity (Wildman–Crippen MR) is 74.9 cm³/mol. The number of ether oxygens (including phenoxy) is 3. The van der Waals surface area contributed by atoms with Crippen molar-refractivity contribution in [1.29, 1.82) is 0 Å².